The van der Waals surface area contributed by atoms with Gasteiger partial charge >= 0.3 is 0 Å². The van der Waals surface area contributed by atoms with Gasteiger partial charge in [0.05, 0.1) is 6.20 Å². The second-order valence-electron chi connectivity index (χ2n) is 2.10. The monoisotopic (exact) mass is 189 g/mol. The fourth-order valence-electron chi connectivity index (χ4n) is 0.581. The van der Waals surface area contributed by atoms with Crippen molar-refractivity contribution in [1.82, 2.24) is 15.0 Å². The van der Waals surface area contributed by atoms with Crippen LogP contribution in [0.3, 0.4) is 0 Å². The normalized spacial score (nSPS) is 10.7. The molecule has 0 aliphatic rings. The van der Waals surface area contributed by atoms with Crippen LogP contribution < -0.4 is 0 Å². The number of hydrogen-bond donors (Lipinski definition) is 0. The van der Waals surface area contributed by atoms with Gasteiger partial charge in [-0.1, -0.05) is 5.21 Å². The van der Waals surface area contributed by atoms with E-state index in [0.29, 0.717) is 6.04 Å². The Labute approximate surface area is 62.2 Å². The summed E-state index contributed by atoms with van der Waals surface area (Å²) in [4.78, 5) is 0. The minimum atomic E-state index is 0.377. The molecular weight excluding hydrogens is 182 g/mol. The van der Waals surface area contributed by atoms with E-state index in [9.17, 15) is 0 Å². The van der Waals surface area contributed by atoms with Gasteiger partial charge in [0.25, 0.3) is 0 Å². The molecular formula is C5H8BrN3. The van der Waals surface area contributed by atoms with Crippen LogP contribution in [0.15, 0.2) is 10.8 Å². The topological polar surface area (TPSA) is 30.7 Å². The van der Waals surface area contributed by atoms with Crippen LogP contribution in [0.25, 0.3) is 0 Å². The number of halogens is 1. The average molecular weight is 190 g/mol. The third-order valence-electron chi connectivity index (χ3n) is 1.02. The molecule has 0 saturated heterocycles. The molecule has 0 atom stereocenters. The summed E-state index contributed by atoms with van der Waals surface area (Å²) in [5.74, 6) is 0. The molecule has 1 heterocycles. The van der Waals surface area contributed by atoms with Crippen LogP contribution in [0.1, 0.15) is 19.9 Å². The second-order valence-corrected chi connectivity index (χ2v) is 2.91. The van der Waals surface area contributed by atoms with Gasteiger partial charge in [0, 0.05) is 6.04 Å². The molecule has 0 amide bonds. The van der Waals surface area contributed by atoms with Crippen LogP contribution in [0.5, 0.6) is 0 Å². The molecule has 0 bridgehead atoms. The van der Waals surface area contributed by atoms with Crippen LogP contribution >= 0.6 is 15.9 Å². The number of nitrogens with zero attached hydrogens (tertiary/aromatic N) is 3. The summed E-state index contributed by atoms with van der Waals surface area (Å²) in [5.41, 5.74) is 0. The molecule has 1 aromatic heterocycles. The second kappa shape index (κ2) is 2.47. The Hall–Kier alpha value is -0.380. The summed E-state index contributed by atoms with van der Waals surface area (Å²) >= 11 is 3.30. The maximum absolute atomic E-state index is 3.84. The van der Waals surface area contributed by atoms with Gasteiger partial charge in [-0.05, 0) is 29.8 Å². The minimum Gasteiger partial charge on any atom is -0.236 e. The molecule has 0 saturated carbocycles. The van der Waals surface area contributed by atoms with E-state index in [0.717, 1.165) is 4.60 Å². The summed E-state index contributed by atoms with van der Waals surface area (Å²) in [6, 6.07) is 0.377. The van der Waals surface area contributed by atoms with Gasteiger partial charge in [0.15, 0.2) is 0 Å². The van der Waals surface area contributed by atoms with Gasteiger partial charge in [0.1, 0.15) is 4.60 Å². The first kappa shape index (κ1) is 6.74. The van der Waals surface area contributed by atoms with Gasteiger partial charge < -0.3 is 0 Å². The Morgan fingerprint density at radius 1 is 1.67 bits per heavy atom. The van der Waals surface area contributed by atoms with Crippen molar-refractivity contribution in [3.63, 3.8) is 0 Å². The van der Waals surface area contributed by atoms with Crippen LogP contribution in [0.2, 0.25) is 0 Å². The highest BCUT2D eigenvalue weighted by Gasteiger charge is 2.01. The zero-order valence-electron chi connectivity index (χ0n) is 5.37. The van der Waals surface area contributed by atoms with E-state index < -0.39 is 0 Å². The highest BCUT2D eigenvalue weighted by molar-refractivity contribution is 9.10. The quantitative estimate of drug-likeness (QED) is 0.673. The number of hydrogen-bond acceptors (Lipinski definition) is 2. The first-order valence-corrected chi connectivity index (χ1v) is 3.57. The van der Waals surface area contributed by atoms with Crippen molar-refractivity contribution in [2.75, 3.05) is 0 Å². The lowest BCUT2D eigenvalue weighted by Crippen LogP contribution is -2.02. The SMILES string of the molecule is CC(C)n1nncc1Br. The van der Waals surface area contributed by atoms with E-state index in [1.807, 2.05) is 0 Å². The lowest BCUT2D eigenvalue weighted by Gasteiger charge is -2.03. The van der Waals surface area contributed by atoms with E-state index in [1.54, 1.807) is 10.9 Å². The van der Waals surface area contributed by atoms with Crippen LogP contribution in [-0.4, -0.2) is 15.0 Å². The van der Waals surface area contributed by atoms with Gasteiger partial charge in [0.2, 0.25) is 0 Å². The molecule has 3 nitrogen and oxygen atoms in total. The predicted molar refractivity (Wildman–Crippen MR) is 38.1 cm³/mol. The molecule has 50 valence electrons. The first-order valence-electron chi connectivity index (χ1n) is 2.77. The standard InChI is InChI=1S/C5H8BrN3/c1-4(2)9-5(6)3-7-8-9/h3-4H,1-2H3. The van der Waals surface area contributed by atoms with E-state index >= 15 is 0 Å². The highest BCUT2D eigenvalue weighted by atomic mass is 79.9. The maximum Gasteiger partial charge on any atom is 0.124 e. The summed E-state index contributed by atoms with van der Waals surface area (Å²) < 4.78 is 2.73. The molecule has 0 aliphatic carbocycles. The molecule has 4 heteroatoms. The Kier molecular flexibility index (Phi) is 1.85. The fourth-order valence-corrected chi connectivity index (χ4v) is 1.15. The third-order valence-corrected chi connectivity index (χ3v) is 1.59. The summed E-state index contributed by atoms with van der Waals surface area (Å²) in [6.45, 7) is 4.11. The molecule has 0 aliphatic heterocycles. The van der Waals surface area contributed by atoms with Crippen molar-refractivity contribution >= 4 is 15.9 Å². The van der Waals surface area contributed by atoms with Crippen LogP contribution in [0, 0.1) is 0 Å². The lowest BCUT2D eigenvalue weighted by atomic mass is 10.4. The van der Waals surface area contributed by atoms with Gasteiger partial charge in [-0.15, -0.1) is 5.10 Å². The Morgan fingerprint density at radius 3 is 2.56 bits per heavy atom. The molecule has 0 unspecified atom stereocenters. The molecule has 0 N–H and O–H groups in total. The molecule has 0 spiro atoms. The first-order chi connectivity index (χ1) is 4.22. The van der Waals surface area contributed by atoms with Crippen molar-refractivity contribution < 1.29 is 0 Å². The van der Waals surface area contributed by atoms with Crippen LogP contribution in [-0.2, 0) is 0 Å². The Balaban J connectivity index is 2.94. The van der Waals surface area contributed by atoms with Crippen molar-refractivity contribution in [2.24, 2.45) is 0 Å². The number of aromatic nitrogens is 3. The molecule has 9 heavy (non-hydrogen) atoms. The Morgan fingerprint density at radius 2 is 2.33 bits per heavy atom. The third kappa shape index (κ3) is 1.30. The van der Waals surface area contributed by atoms with E-state index in [4.69, 9.17) is 0 Å². The van der Waals surface area contributed by atoms with E-state index in [-0.39, 0.29) is 0 Å². The number of rotatable bonds is 1. The smallest absolute Gasteiger partial charge is 0.124 e. The molecule has 0 fully saturated rings. The van der Waals surface area contributed by atoms with E-state index in [2.05, 4.69) is 40.1 Å². The van der Waals surface area contributed by atoms with Crippen molar-refractivity contribution in [1.29, 1.82) is 0 Å². The fraction of sp³-hybridized carbons (Fsp3) is 0.600. The maximum atomic E-state index is 3.84. The van der Waals surface area contributed by atoms with Crippen molar-refractivity contribution in [2.45, 2.75) is 19.9 Å². The summed E-state index contributed by atoms with van der Waals surface area (Å²) in [6.07, 6.45) is 1.68. The predicted octanol–water partition coefficient (Wildman–Crippen LogP) is 1.62. The lowest BCUT2D eigenvalue weighted by molar-refractivity contribution is 0.505. The van der Waals surface area contributed by atoms with Crippen molar-refractivity contribution in [3.8, 4) is 0 Å². The summed E-state index contributed by atoms with van der Waals surface area (Å²) in [7, 11) is 0. The van der Waals surface area contributed by atoms with E-state index in [1.165, 1.54) is 0 Å². The van der Waals surface area contributed by atoms with Gasteiger partial charge in [-0.25, -0.2) is 4.68 Å². The molecule has 0 radical (unpaired) electrons. The zero-order valence-corrected chi connectivity index (χ0v) is 6.96. The van der Waals surface area contributed by atoms with Gasteiger partial charge in [-0.2, -0.15) is 0 Å². The zero-order chi connectivity index (χ0) is 6.85. The highest BCUT2D eigenvalue weighted by Crippen LogP contribution is 2.11. The van der Waals surface area contributed by atoms with Crippen molar-refractivity contribution in [3.05, 3.63) is 10.8 Å². The average Bonchev–Trinajstić information content (AvgIpc) is 2.13. The van der Waals surface area contributed by atoms with Crippen LogP contribution in [0.4, 0.5) is 0 Å². The Bertz CT molecular complexity index is 194. The minimum absolute atomic E-state index is 0.377. The summed E-state index contributed by atoms with van der Waals surface area (Å²) in [5, 5.41) is 7.54. The molecule has 1 aromatic rings. The van der Waals surface area contributed by atoms with Gasteiger partial charge in [-0.3, -0.25) is 0 Å². The molecule has 1 rings (SSSR count). The molecule has 0 aromatic carbocycles. The largest absolute Gasteiger partial charge is 0.236 e.